The van der Waals surface area contributed by atoms with E-state index in [9.17, 15) is 14.4 Å². The van der Waals surface area contributed by atoms with Gasteiger partial charge in [-0.3, -0.25) is 14.9 Å². The molecule has 1 aliphatic rings. The highest BCUT2D eigenvalue weighted by molar-refractivity contribution is 5.96. The number of nitrogens with zero attached hydrogens (tertiary/aromatic N) is 2. The Kier molecular flexibility index (Phi) is 3.45. The van der Waals surface area contributed by atoms with Gasteiger partial charge in [0.25, 0.3) is 5.56 Å². The Morgan fingerprint density at radius 2 is 2.11 bits per heavy atom. The number of aromatic nitrogens is 1. The summed E-state index contributed by atoms with van der Waals surface area (Å²) >= 11 is 0. The average molecular weight is 249 g/mol. The number of pyridine rings is 1. The van der Waals surface area contributed by atoms with E-state index in [4.69, 9.17) is 0 Å². The standard InChI is InChI=1S/C12H15N3O3/c1-2-14-6-3-4-9(11(14)17)8-15-7-5-10(16)13-12(15)18/h3-4,6H,2,5,7-8H2,1H3,(H,13,16,18). The zero-order valence-corrected chi connectivity index (χ0v) is 10.2. The maximum Gasteiger partial charge on any atom is 0.324 e. The molecule has 6 heteroatoms. The highest BCUT2D eigenvalue weighted by Gasteiger charge is 2.23. The second kappa shape index (κ2) is 5.03. The van der Waals surface area contributed by atoms with Gasteiger partial charge in [-0.1, -0.05) is 6.07 Å². The van der Waals surface area contributed by atoms with Crippen LogP contribution in [0.3, 0.4) is 0 Å². The molecule has 0 atom stereocenters. The van der Waals surface area contributed by atoms with Crippen molar-refractivity contribution < 1.29 is 9.59 Å². The van der Waals surface area contributed by atoms with Gasteiger partial charge in [-0.2, -0.15) is 0 Å². The third-order valence-electron chi connectivity index (χ3n) is 2.94. The predicted octanol–water partition coefficient (Wildman–Crippen LogP) is 0.310. The lowest BCUT2D eigenvalue weighted by molar-refractivity contribution is -0.121. The molecule has 1 aromatic heterocycles. The number of carbonyl (C=O) groups excluding carboxylic acids is 2. The minimum Gasteiger partial charge on any atom is -0.319 e. The van der Waals surface area contributed by atoms with Crippen LogP contribution >= 0.6 is 0 Å². The molecule has 96 valence electrons. The zero-order valence-electron chi connectivity index (χ0n) is 10.2. The van der Waals surface area contributed by atoms with E-state index in [-0.39, 0.29) is 24.4 Å². The summed E-state index contributed by atoms with van der Waals surface area (Å²) < 4.78 is 1.59. The number of imide groups is 1. The Morgan fingerprint density at radius 3 is 2.78 bits per heavy atom. The fourth-order valence-corrected chi connectivity index (χ4v) is 1.91. The topological polar surface area (TPSA) is 71.4 Å². The molecular formula is C12H15N3O3. The first-order chi connectivity index (χ1) is 8.61. The second-order valence-corrected chi connectivity index (χ2v) is 4.15. The lowest BCUT2D eigenvalue weighted by Crippen LogP contribution is -2.49. The number of carbonyl (C=O) groups is 2. The van der Waals surface area contributed by atoms with E-state index in [0.717, 1.165) is 0 Å². The van der Waals surface area contributed by atoms with Crippen LogP contribution in [0.15, 0.2) is 23.1 Å². The molecule has 2 rings (SSSR count). The van der Waals surface area contributed by atoms with Crippen LogP contribution in [-0.4, -0.2) is 28.0 Å². The van der Waals surface area contributed by atoms with E-state index in [2.05, 4.69) is 5.32 Å². The first kappa shape index (κ1) is 12.3. The number of hydrogen-bond donors (Lipinski definition) is 1. The lowest BCUT2D eigenvalue weighted by Gasteiger charge is -2.26. The Labute approximate surface area is 104 Å². The molecule has 1 aromatic rings. The molecule has 3 amide bonds. The number of hydrogen-bond acceptors (Lipinski definition) is 3. The molecule has 0 spiro atoms. The molecule has 18 heavy (non-hydrogen) atoms. The molecule has 0 radical (unpaired) electrons. The zero-order chi connectivity index (χ0) is 13.1. The van der Waals surface area contributed by atoms with Crippen molar-refractivity contribution in [2.24, 2.45) is 0 Å². The first-order valence-electron chi connectivity index (χ1n) is 5.89. The van der Waals surface area contributed by atoms with E-state index >= 15 is 0 Å². The van der Waals surface area contributed by atoms with Crippen molar-refractivity contribution in [1.29, 1.82) is 0 Å². The van der Waals surface area contributed by atoms with E-state index in [1.165, 1.54) is 4.90 Å². The van der Waals surface area contributed by atoms with Gasteiger partial charge in [0.05, 0.1) is 6.54 Å². The summed E-state index contributed by atoms with van der Waals surface area (Å²) in [5.41, 5.74) is 0.466. The Balaban J connectivity index is 2.17. The fraction of sp³-hybridized carbons (Fsp3) is 0.417. The normalized spacial score (nSPS) is 15.7. The third-order valence-corrected chi connectivity index (χ3v) is 2.94. The SMILES string of the molecule is CCn1cccc(CN2CCC(=O)NC2=O)c1=O. The van der Waals surface area contributed by atoms with Crippen LogP contribution in [0.2, 0.25) is 0 Å². The Bertz CT molecular complexity index is 536. The predicted molar refractivity (Wildman–Crippen MR) is 64.9 cm³/mol. The van der Waals surface area contributed by atoms with Gasteiger partial charge < -0.3 is 9.47 Å². The Morgan fingerprint density at radius 1 is 1.33 bits per heavy atom. The smallest absolute Gasteiger partial charge is 0.319 e. The van der Waals surface area contributed by atoms with Crippen LogP contribution in [0, 0.1) is 0 Å². The van der Waals surface area contributed by atoms with Crippen molar-refractivity contribution in [3.63, 3.8) is 0 Å². The van der Waals surface area contributed by atoms with Crippen LogP contribution in [0.25, 0.3) is 0 Å². The molecule has 1 N–H and O–H groups in total. The second-order valence-electron chi connectivity index (χ2n) is 4.15. The number of urea groups is 1. The van der Waals surface area contributed by atoms with Gasteiger partial charge >= 0.3 is 6.03 Å². The summed E-state index contributed by atoms with van der Waals surface area (Å²) in [6.07, 6.45) is 1.99. The lowest BCUT2D eigenvalue weighted by atomic mass is 10.2. The van der Waals surface area contributed by atoms with Gasteiger partial charge in [-0.05, 0) is 13.0 Å². The Hall–Kier alpha value is -2.11. The molecule has 0 bridgehead atoms. The number of rotatable bonds is 3. The van der Waals surface area contributed by atoms with E-state index < -0.39 is 6.03 Å². The van der Waals surface area contributed by atoms with Crippen LogP contribution in [0.1, 0.15) is 18.9 Å². The quantitative estimate of drug-likeness (QED) is 0.838. The number of nitrogens with one attached hydrogen (secondary N) is 1. The third kappa shape index (κ3) is 2.42. The van der Waals surface area contributed by atoms with Crippen molar-refractivity contribution in [2.45, 2.75) is 26.4 Å². The van der Waals surface area contributed by atoms with Gasteiger partial charge in [0.2, 0.25) is 5.91 Å². The van der Waals surface area contributed by atoms with Crippen molar-refractivity contribution in [3.8, 4) is 0 Å². The molecule has 0 saturated carbocycles. The van der Waals surface area contributed by atoms with Crippen LogP contribution in [0.4, 0.5) is 4.79 Å². The largest absolute Gasteiger partial charge is 0.324 e. The summed E-state index contributed by atoms with van der Waals surface area (Å²) in [4.78, 5) is 36.0. The highest BCUT2D eigenvalue weighted by atomic mass is 16.2. The molecule has 0 aromatic carbocycles. The molecule has 6 nitrogen and oxygen atoms in total. The van der Waals surface area contributed by atoms with Gasteiger partial charge in [0.1, 0.15) is 0 Å². The number of amides is 3. The summed E-state index contributed by atoms with van der Waals surface area (Å²) in [6, 6.07) is 3.06. The molecule has 1 saturated heterocycles. The van der Waals surface area contributed by atoms with Gasteiger partial charge in [0.15, 0.2) is 0 Å². The van der Waals surface area contributed by atoms with Crippen molar-refractivity contribution in [1.82, 2.24) is 14.8 Å². The molecule has 1 fully saturated rings. The molecule has 0 unspecified atom stereocenters. The highest BCUT2D eigenvalue weighted by Crippen LogP contribution is 2.05. The maximum atomic E-state index is 12.0. The summed E-state index contributed by atoms with van der Waals surface area (Å²) in [6.45, 7) is 3.07. The van der Waals surface area contributed by atoms with Gasteiger partial charge in [-0.15, -0.1) is 0 Å². The molecular weight excluding hydrogens is 234 g/mol. The average Bonchev–Trinajstić information content (AvgIpc) is 2.35. The maximum absolute atomic E-state index is 12.0. The summed E-state index contributed by atoms with van der Waals surface area (Å²) in [5, 5.41) is 2.24. The summed E-state index contributed by atoms with van der Waals surface area (Å²) in [5.74, 6) is -0.268. The van der Waals surface area contributed by atoms with Crippen molar-refractivity contribution >= 4 is 11.9 Å². The van der Waals surface area contributed by atoms with Crippen molar-refractivity contribution in [3.05, 3.63) is 34.2 Å². The van der Waals surface area contributed by atoms with Crippen LogP contribution < -0.4 is 10.9 Å². The minimum absolute atomic E-state index is 0.0929. The van der Waals surface area contributed by atoms with E-state index in [1.807, 2.05) is 6.92 Å². The summed E-state index contributed by atoms with van der Waals surface area (Å²) in [7, 11) is 0. The molecule has 0 aliphatic carbocycles. The van der Waals surface area contributed by atoms with E-state index in [1.54, 1.807) is 22.9 Å². The van der Waals surface area contributed by atoms with Crippen LogP contribution in [-0.2, 0) is 17.9 Å². The fourth-order valence-electron chi connectivity index (χ4n) is 1.91. The van der Waals surface area contributed by atoms with Gasteiger partial charge in [-0.25, -0.2) is 4.79 Å². The van der Waals surface area contributed by atoms with E-state index in [0.29, 0.717) is 18.7 Å². The monoisotopic (exact) mass is 249 g/mol. The molecule has 2 heterocycles. The van der Waals surface area contributed by atoms with Gasteiger partial charge in [0, 0.05) is 31.3 Å². The van der Waals surface area contributed by atoms with Crippen LogP contribution in [0.5, 0.6) is 0 Å². The number of aryl methyl sites for hydroxylation is 1. The first-order valence-corrected chi connectivity index (χ1v) is 5.89. The molecule has 1 aliphatic heterocycles. The van der Waals surface area contributed by atoms with Crippen molar-refractivity contribution in [2.75, 3.05) is 6.54 Å². The minimum atomic E-state index is -0.433.